The summed E-state index contributed by atoms with van der Waals surface area (Å²) in [5, 5.41) is 14.1. The van der Waals surface area contributed by atoms with Crippen LogP contribution in [0, 0.1) is 6.92 Å². The minimum absolute atomic E-state index is 0.510. The second kappa shape index (κ2) is 5.05. The Kier molecular flexibility index (Phi) is 4.24. The van der Waals surface area contributed by atoms with E-state index in [-0.39, 0.29) is 0 Å². The lowest BCUT2D eigenvalue weighted by Gasteiger charge is -2.22. The smallest absolute Gasteiger partial charge is 0.142 e. The third kappa shape index (κ3) is 3.55. The lowest BCUT2D eigenvalue weighted by atomic mass is 10.1. The van der Waals surface area contributed by atoms with E-state index < -0.39 is 5.60 Å². The van der Waals surface area contributed by atoms with Gasteiger partial charge in [0.1, 0.15) is 10.8 Å². The maximum atomic E-state index is 9.94. The number of aromatic nitrogens is 1. The molecule has 0 amide bonds. The minimum atomic E-state index is -0.704. The highest BCUT2D eigenvalue weighted by atomic mass is 32.2. The van der Waals surface area contributed by atoms with Crippen molar-refractivity contribution < 1.29 is 5.11 Å². The third-order valence-electron chi connectivity index (χ3n) is 2.05. The van der Waals surface area contributed by atoms with Gasteiger partial charge < -0.3 is 16.2 Å². The van der Waals surface area contributed by atoms with Gasteiger partial charge in [-0.25, -0.2) is 0 Å². The maximum absolute atomic E-state index is 9.94. The van der Waals surface area contributed by atoms with E-state index in [2.05, 4.69) is 9.69 Å². The third-order valence-corrected chi connectivity index (χ3v) is 3.88. The molecule has 0 saturated carbocycles. The van der Waals surface area contributed by atoms with Crippen molar-refractivity contribution in [3.05, 3.63) is 5.56 Å². The molecule has 0 aliphatic rings. The van der Waals surface area contributed by atoms with Crippen molar-refractivity contribution in [2.75, 3.05) is 29.6 Å². The summed E-state index contributed by atoms with van der Waals surface area (Å²) in [6.07, 6.45) is 1.98. The lowest BCUT2D eigenvalue weighted by molar-refractivity contribution is 0.0998. The van der Waals surface area contributed by atoms with E-state index in [0.717, 1.165) is 10.6 Å². The van der Waals surface area contributed by atoms with E-state index >= 15 is 0 Å². The quantitative estimate of drug-likeness (QED) is 0.736. The van der Waals surface area contributed by atoms with Crippen LogP contribution >= 0.6 is 23.3 Å². The number of hydrogen-bond acceptors (Lipinski definition) is 6. The summed E-state index contributed by atoms with van der Waals surface area (Å²) in [4.78, 5) is 0. The second-order valence-electron chi connectivity index (χ2n) is 3.81. The Morgan fingerprint density at radius 3 is 2.80 bits per heavy atom. The Morgan fingerprint density at radius 2 is 2.33 bits per heavy atom. The SMILES string of the molecule is CSCC(C)(O)CNc1snc(N)c1C. The molecule has 1 unspecified atom stereocenters. The maximum Gasteiger partial charge on any atom is 0.142 e. The number of nitrogens with two attached hydrogens (primary N) is 1. The van der Waals surface area contributed by atoms with E-state index in [1.54, 1.807) is 11.8 Å². The molecular formula is C9H17N3OS2. The van der Waals surface area contributed by atoms with Crippen LogP contribution < -0.4 is 11.1 Å². The zero-order chi connectivity index (χ0) is 11.5. The molecule has 0 saturated heterocycles. The number of aliphatic hydroxyl groups is 1. The molecule has 0 aliphatic carbocycles. The Hall–Kier alpha value is -0.460. The van der Waals surface area contributed by atoms with Crippen molar-refractivity contribution in [2.24, 2.45) is 0 Å². The predicted molar refractivity (Wildman–Crippen MR) is 68.8 cm³/mol. The average Bonchev–Trinajstić information content (AvgIpc) is 2.45. The lowest BCUT2D eigenvalue weighted by Crippen LogP contribution is -2.35. The summed E-state index contributed by atoms with van der Waals surface area (Å²) in [7, 11) is 0. The molecule has 0 fully saturated rings. The Balaban J connectivity index is 2.53. The predicted octanol–water partition coefficient (Wildman–Crippen LogP) is 1.56. The fourth-order valence-electron chi connectivity index (χ4n) is 1.15. The first kappa shape index (κ1) is 12.6. The Morgan fingerprint density at radius 1 is 1.67 bits per heavy atom. The van der Waals surface area contributed by atoms with Crippen LogP contribution in [0.4, 0.5) is 10.8 Å². The summed E-state index contributed by atoms with van der Waals surface area (Å²) < 4.78 is 4.03. The molecule has 0 radical (unpaired) electrons. The molecule has 15 heavy (non-hydrogen) atoms. The second-order valence-corrected chi connectivity index (χ2v) is 5.44. The molecule has 0 spiro atoms. The first-order chi connectivity index (χ1) is 6.96. The zero-order valence-electron chi connectivity index (χ0n) is 9.20. The molecule has 1 aromatic rings. The fraction of sp³-hybridized carbons (Fsp3) is 0.667. The number of thioether (sulfide) groups is 1. The van der Waals surface area contributed by atoms with Gasteiger partial charge in [0.05, 0.1) is 5.60 Å². The van der Waals surface area contributed by atoms with Crippen LogP contribution in [0.3, 0.4) is 0 Å². The van der Waals surface area contributed by atoms with Gasteiger partial charge in [0, 0.05) is 17.9 Å². The van der Waals surface area contributed by atoms with E-state index in [1.165, 1.54) is 11.5 Å². The van der Waals surface area contributed by atoms with Gasteiger partial charge in [-0.15, -0.1) is 0 Å². The normalized spacial score (nSPS) is 14.9. The summed E-state index contributed by atoms with van der Waals surface area (Å²) in [6.45, 7) is 4.25. The molecule has 0 bridgehead atoms. The van der Waals surface area contributed by atoms with Gasteiger partial charge in [0.25, 0.3) is 0 Å². The van der Waals surface area contributed by atoms with E-state index in [9.17, 15) is 5.11 Å². The molecule has 0 aliphatic heterocycles. The fourth-order valence-corrected chi connectivity index (χ4v) is 2.57. The molecule has 1 atom stereocenters. The monoisotopic (exact) mass is 247 g/mol. The van der Waals surface area contributed by atoms with Gasteiger partial charge in [-0.05, 0) is 31.6 Å². The number of anilines is 2. The molecule has 6 heteroatoms. The van der Waals surface area contributed by atoms with Crippen molar-refractivity contribution in [3.63, 3.8) is 0 Å². The number of nitrogens with one attached hydrogen (secondary N) is 1. The van der Waals surface area contributed by atoms with Gasteiger partial charge in [-0.1, -0.05) is 0 Å². The highest BCUT2D eigenvalue weighted by molar-refractivity contribution is 7.98. The first-order valence-electron chi connectivity index (χ1n) is 4.63. The van der Waals surface area contributed by atoms with E-state index in [0.29, 0.717) is 18.1 Å². The Bertz CT molecular complexity index is 325. The van der Waals surface area contributed by atoms with Crippen molar-refractivity contribution in [2.45, 2.75) is 19.4 Å². The minimum Gasteiger partial charge on any atom is -0.387 e. The molecule has 4 nitrogen and oxygen atoms in total. The molecule has 4 N–H and O–H groups in total. The molecule has 0 aromatic carbocycles. The average molecular weight is 247 g/mol. The van der Waals surface area contributed by atoms with Crippen LogP contribution in [0.1, 0.15) is 12.5 Å². The van der Waals surface area contributed by atoms with Crippen LogP contribution in [0.5, 0.6) is 0 Å². The topological polar surface area (TPSA) is 71.2 Å². The summed E-state index contributed by atoms with van der Waals surface area (Å²) in [5.41, 5.74) is 5.89. The zero-order valence-corrected chi connectivity index (χ0v) is 10.8. The van der Waals surface area contributed by atoms with Crippen molar-refractivity contribution in [1.82, 2.24) is 4.37 Å². The summed E-state index contributed by atoms with van der Waals surface area (Å²) >= 11 is 2.96. The van der Waals surface area contributed by atoms with Gasteiger partial charge in [-0.2, -0.15) is 16.1 Å². The van der Waals surface area contributed by atoms with Gasteiger partial charge in [0.2, 0.25) is 0 Å². The number of nitrogens with zero attached hydrogens (tertiary/aromatic N) is 1. The van der Waals surface area contributed by atoms with E-state index in [1.807, 2.05) is 20.1 Å². The van der Waals surface area contributed by atoms with Crippen LogP contribution in [0.25, 0.3) is 0 Å². The van der Waals surface area contributed by atoms with Gasteiger partial charge >= 0.3 is 0 Å². The standard InChI is InChI=1S/C9H17N3OS2/c1-6-7(10)12-15-8(6)11-4-9(2,13)5-14-3/h11,13H,4-5H2,1-3H3,(H2,10,12). The number of nitrogen functional groups attached to an aromatic ring is 1. The summed E-state index contributed by atoms with van der Waals surface area (Å²) in [5.74, 6) is 1.26. The molecule has 86 valence electrons. The first-order valence-corrected chi connectivity index (χ1v) is 6.80. The Labute approximate surface area is 98.4 Å². The van der Waals surface area contributed by atoms with Crippen molar-refractivity contribution in [1.29, 1.82) is 0 Å². The molecule has 1 aromatic heterocycles. The van der Waals surface area contributed by atoms with E-state index in [4.69, 9.17) is 5.73 Å². The highest BCUT2D eigenvalue weighted by Crippen LogP contribution is 2.26. The van der Waals surface area contributed by atoms with Crippen LogP contribution in [0.2, 0.25) is 0 Å². The molecule has 1 heterocycles. The highest BCUT2D eigenvalue weighted by Gasteiger charge is 2.20. The number of rotatable bonds is 5. The largest absolute Gasteiger partial charge is 0.387 e. The number of hydrogen-bond donors (Lipinski definition) is 3. The van der Waals surface area contributed by atoms with Gasteiger partial charge in [-0.3, -0.25) is 0 Å². The van der Waals surface area contributed by atoms with Crippen LogP contribution in [-0.2, 0) is 0 Å². The van der Waals surface area contributed by atoms with Gasteiger partial charge in [0.15, 0.2) is 0 Å². The van der Waals surface area contributed by atoms with Crippen molar-refractivity contribution in [3.8, 4) is 0 Å². The molecule has 1 rings (SSSR count). The van der Waals surface area contributed by atoms with Crippen LogP contribution in [-0.4, -0.2) is 33.6 Å². The van der Waals surface area contributed by atoms with Crippen molar-refractivity contribution >= 4 is 34.1 Å². The molecular weight excluding hydrogens is 230 g/mol. The van der Waals surface area contributed by atoms with Crippen LogP contribution in [0.15, 0.2) is 0 Å². The summed E-state index contributed by atoms with van der Waals surface area (Å²) in [6, 6.07) is 0.